The van der Waals surface area contributed by atoms with Crippen molar-refractivity contribution in [2.75, 3.05) is 0 Å². The van der Waals surface area contributed by atoms with Crippen LogP contribution < -0.4 is 0 Å². The van der Waals surface area contributed by atoms with Gasteiger partial charge < -0.3 is 0 Å². The molecule has 0 bridgehead atoms. The van der Waals surface area contributed by atoms with Gasteiger partial charge in [-0.05, 0) is 60.1 Å². The number of unbranched alkanes of at least 4 members (excludes halogenated alkanes) is 10. The third-order valence-corrected chi connectivity index (χ3v) is 7.00. The molecule has 0 fully saturated rings. The fourth-order valence-corrected chi connectivity index (χ4v) is 4.73. The standard InChI is InChI=1S/C33H44FN/c1-3-5-7-9-10-12-13-15-27-17-19-28(20-18-27)29-21-23-30(24-22-29)32-26-25-31(35-33(32)34)16-14-11-8-6-4-2/h17-26H,3-16H2,1-2H3. The van der Waals surface area contributed by atoms with Gasteiger partial charge in [0.05, 0.1) is 0 Å². The van der Waals surface area contributed by atoms with Crippen LogP contribution in [0.3, 0.4) is 0 Å². The summed E-state index contributed by atoms with van der Waals surface area (Å²) in [6, 6.07) is 21.0. The zero-order chi connectivity index (χ0) is 24.7. The van der Waals surface area contributed by atoms with E-state index in [1.165, 1.54) is 81.8 Å². The first kappa shape index (κ1) is 27.1. The van der Waals surface area contributed by atoms with E-state index in [1.54, 1.807) is 0 Å². The second-order valence-corrected chi connectivity index (χ2v) is 9.95. The predicted molar refractivity (Wildman–Crippen MR) is 149 cm³/mol. The lowest BCUT2D eigenvalue weighted by atomic mass is 9.98. The predicted octanol–water partition coefficient (Wildman–Crippen LogP) is 10.4. The van der Waals surface area contributed by atoms with Crippen molar-refractivity contribution in [1.29, 1.82) is 0 Å². The zero-order valence-corrected chi connectivity index (χ0v) is 22.0. The lowest BCUT2D eigenvalue weighted by Gasteiger charge is -2.08. The van der Waals surface area contributed by atoms with Crippen molar-refractivity contribution in [3.63, 3.8) is 0 Å². The molecule has 1 nitrogen and oxygen atoms in total. The van der Waals surface area contributed by atoms with Crippen LogP contribution in [-0.4, -0.2) is 4.98 Å². The fourth-order valence-electron chi connectivity index (χ4n) is 4.73. The summed E-state index contributed by atoms with van der Waals surface area (Å²) in [6.45, 7) is 4.49. The van der Waals surface area contributed by atoms with Crippen LogP contribution in [0.4, 0.5) is 4.39 Å². The van der Waals surface area contributed by atoms with Gasteiger partial charge in [0.25, 0.3) is 0 Å². The van der Waals surface area contributed by atoms with Gasteiger partial charge in [0.2, 0.25) is 5.95 Å². The average molecular weight is 474 g/mol. The smallest absolute Gasteiger partial charge is 0.220 e. The van der Waals surface area contributed by atoms with Gasteiger partial charge in [-0.2, -0.15) is 4.39 Å². The lowest BCUT2D eigenvalue weighted by molar-refractivity contribution is 0.573. The Bertz CT molecular complexity index is 975. The van der Waals surface area contributed by atoms with Crippen LogP contribution in [0.5, 0.6) is 0 Å². The summed E-state index contributed by atoms with van der Waals surface area (Å²) in [5, 5.41) is 0. The topological polar surface area (TPSA) is 12.9 Å². The zero-order valence-electron chi connectivity index (χ0n) is 22.0. The Morgan fingerprint density at radius 3 is 1.57 bits per heavy atom. The third kappa shape index (κ3) is 9.24. The van der Waals surface area contributed by atoms with Crippen molar-refractivity contribution in [2.45, 2.75) is 104 Å². The van der Waals surface area contributed by atoms with Crippen LogP contribution in [0.15, 0.2) is 60.7 Å². The van der Waals surface area contributed by atoms with Crippen LogP contribution in [0.25, 0.3) is 22.3 Å². The Morgan fingerprint density at radius 2 is 1.00 bits per heavy atom. The first-order valence-corrected chi connectivity index (χ1v) is 14.1. The molecule has 0 amide bonds. The van der Waals surface area contributed by atoms with Crippen LogP contribution >= 0.6 is 0 Å². The minimum atomic E-state index is -0.362. The van der Waals surface area contributed by atoms with E-state index in [-0.39, 0.29) is 5.95 Å². The monoisotopic (exact) mass is 473 g/mol. The van der Waals surface area contributed by atoms with E-state index in [0.717, 1.165) is 36.1 Å². The molecule has 1 aromatic heterocycles. The number of halogens is 1. The highest BCUT2D eigenvalue weighted by Gasteiger charge is 2.09. The Kier molecular flexibility index (Phi) is 12.0. The Balaban J connectivity index is 1.50. The molecule has 35 heavy (non-hydrogen) atoms. The van der Waals surface area contributed by atoms with Crippen molar-refractivity contribution in [1.82, 2.24) is 4.98 Å². The second-order valence-electron chi connectivity index (χ2n) is 9.95. The molecule has 3 aromatic rings. The van der Waals surface area contributed by atoms with Crippen molar-refractivity contribution >= 4 is 0 Å². The van der Waals surface area contributed by atoms with Crippen LogP contribution in [0.2, 0.25) is 0 Å². The van der Waals surface area contributed by atoms with E-state index in [0.29, 0.717) is 5.56 Å². The fraction of sp³-hybridized carbons (Fsp3) is 0.485. The molecule has 2 aromatic carbocycles. The number of rotatable bonds is 16. The van der Waals surface area contributed by atoms with E-state index < -0.39 is 0 Å². The molecule has 2 heteroatoms. The molecular weight excluding hydrogens is 429 g/mol. The maximum absolute atomic E-state index is 14.7. The summed E-state index contributed by atoms with van der Waals surface area (Å²) in [6.07, 6.45) is 17.5. The summed E-state index contributed by atoms with van der Waals surface area (Å²) in [5.74, 6) is -0.362. The maximum Gasteiger partial charge on any atom is 0.220 e. The van der Waals surface area contributed by atoms with E-state index >= 15 is 0 Å². The first-order chi connectivity index (χ1) is 17.2. The van der Waals surface area contributed by atoms with Gasteiger partial charge in [-0.15, -0.1) is 0 Å². The maximum atomic E-state index is 14.7. The summed E-state index contributed by atoms with van der Waals surface area (Å²) in [4.78, 5) is 4.24. The molecule has 3 rings (SSSR count). The Labute approximate surface area is 213 Å². The number of aromatic nitrogens is 1. The molecule has 0 unspecified atom stereocenters. The quantitative estimate of drug-likeness (QED) is 0.149. The molecule has 0 aliphatic carbocycles. The second kappa shape index (κ2) is 15.5. The molecular formula is C33H44FN. The van der Waals surface area contributed by atoms with E-state index in [2.05, 4.69) is 55.2 Å². The van der Waals surface area contributed by atoms with Crippen LogP contribution in [0, 0.1) is 5.95 Å². The number of hydrogen-bond donors (Lipinski definition) is 0. The van der Waals surface area contributed by atoms with Gasteiger partial charge in [0.1, 0.15) is 0 Å². The number of benzene rings is 2. The van der Waals surface area contributed by atoms with Crippen LogP contribution in [0.1, 0.15) is 102 Å². The molecule has 0 radical (unpaired) electrons. The van der Waals surface area contributed by atoms with Crippen molar-refractivity contribution < 1.29 is 4.39 Å². The average Bonchev–Trinajstić information content (AvgIpc) is 2.89. The summed E-state index contributed by atoms with van der Waals surface area (Å²) in [5.41, 5.74) is 6.10. The molecule has 0 saturated heterocycles. The molecule has 0 aliphatic rings. The first-order valence-electron chi connectivity index (χ1n) is 14.1. The summed E-state index contributed by atoms with van der Waals surface area (Å²) >= 11 is 0. The molecule has 0 N–H and O–H groups in total. The van der Waals surface area contributed by atoms with Gasteiger partial charge in [-0.25, -0.2) is 4.98 Å². The normalized spacial score (nSPS) is 11.2. The number of hydrogen-bond acceptors (Lipinski definition) is 1. The SMILES string of the molecule is CCCCCCCCCc1ccc(-c2ccc(-c3ccc(CCCCCCC)nc3F)cc2)cc1. The Morgan fingerprint density at radius 1 is 0.514 bits per heavy atom. The van der Waals surface area contributed by atoms with Gasteiger partial charge in [-0.1, -0.05) is 127 Å². The summed E-state index contributed by atoms with van der Waals surface area (Å²) in [7, 11) is 0. The van der Waals surface area contributed by atoms with Crippen molar-refractivity contribution in [3.05, 3.63) is 77.9 Å². The molecule has 0 atom stereocenters. The van der Waals surface area contributed by atoms with Crippen molar-refractivity contribution in [2.24, 2.45) is 0 Å². The van der Waals surface area contributed by atoms with E-state index in [9.17, 15) is 4.39 Å². The number of aryl methyl sites for hydroxylation is 2. The molecule has 0 saturated carbocycles. The van der Waals surface area contributed by atoms with Crippen molar-refractivity contribution in [3.8, 4) is 22.3 Å². The van der Waals surface area contributed by atoms with Gasteiger partial charge >= 0.3 is 0 Å². The van der Waals surface area contributed by atoms with E-state index in [4.69, 9.17) is 0 Å². The third-order valence-electron chi connectivity index (χ3n) is 7.00. The Hall–Kier alpha value is -2.48. The largest absolute Gasteiger partial charge is 0.224 e. The number of nitrogens with zero attached hydrogens (tertiary/aromatic N) is 1. The van der Waals surface area contributed by atoms with Gasteiger partial charge in [0.15, 0.2) is 0 Å². The number of pyridine rings is 1. The molecule has 0 spiro atoms. The minimum Gasteiger partial charge on any atom is -0.224 e. The molecule has 1 heterocycles. The van der Waals surface area contributed by atoms with Crippen LogP contribution in [-0.2, 0) is 12.8 Å². The highest BCUT2D eigenvalue weighted by atomic mass is 19.1. The molecule has 188 valence electrons. The van der Waals surface area contributed by atoms with E-state index in [1.807, 2.05) is 24.3 Å². The minimum absolute atomic E-state index is 0.362. The highest BCUT2D eigenvalue weighted by molar-refractivity contribution is 5.70. The van der Waals surface area contributed by atoms with Gasteiger partial charge in [-0.3, -0.25) is 0 Å². The summed E-state index contributed by atoms with van der Waals surface area (Å²) < 4.78 is 14.7. The molecule has 0 aliphatic heterocycles. The lowest BCUT2D eigenvalue weighted by Crippen LogP contribution is -1.96. The van der Waals surface area contributed by atoms with Gasteiger partial charge in [0, 0.05) is 11.3 Å². The highest BCUT2D eigenvalue weighted by Crippen LogP contribution is 2.27.